The van der Waals surface area contributed by atoms with Crippen LogP contribution in [0.5, 0.6) is 5.75 Å². The Balaban J connectivity index is 1.57. The number of carbonyl (C=O) groups excluding carboxylic acids is 1. The number of thioether (sulfide) groups is 1. The van der Waals surface area contributed by atoms with Crippen LogP contribution in [0.4, 0.5) is 5.69 Å². The van der Waals surface area contributed by atoms with E-state index in [4.69, 9.17) is 4.74 Å². The highest BCUT2D eigenvalue weighted by atomic mass is 32.2. The molecule has 7 heteroatoms. The minimum atomic E-state index is -0.510. The minimum absolute atomic E-state index is 0.157. The molecule has 30 heavy (non-hydrogen) atoms. The van der Waals surface area contributed by atoms with Crippen LogP contribution < -0.4 is 10.1 Å². The summed E-state index contributed by atoms with van der Waals surface area (Å²) in [6.07, 6.45) is 1.65. The molecule has 6 nitrogen and oxygen atoms in total. The van der Waals surface area contributed by atoms with Gasteiger partial charge < -0.3 is 10.1 Å². The first-order chi connectivity index (χ1) is 14.7. The van der Waals surface area contributed by atoms with Crippen molar-refractivity contribution in [3.63, 3.8) is 0 Å². The fourth-order valence-corrected chi connectivity index (χ4v) is 3.83. The van der Waals surface area contributed by atoms with Crippen LogP contribution in [0, 0.1) is 0 Å². The van der Waals surface area contributed by atoms with E-state index in [0.717, 1.165) is 11.3 Å². The van der Waals surface area contributed by atoms with Crippen molar-refractivity contribution in [1.29, 1.82) is 0 Å². The minimum Gasteiger partial charge on any atom is -0.497 e. The third-order valence-electron chi connectivity index (χ3n) is 4.39. The quantitative estimate of drug-likeness (QED) is 0.441. The van der Waals surface area contributed by atoms with E-state index in [1.165, 1.54) is 11.8 Å². The highest BCUT2D eigenvalue weighted by molar-refractivity contribution is 8.00. The molecule has 4 aromatic rings. The number of hydrogen-bond acceptors (Lipinski definition) is 5. The Bertz CT molecular complexity index is 1120. The molecule has 0 fully saturated rings. The topological polar surface area (TPSA) is 69.0 Å². The molecule has 1 aromatic heterocycles. The fourth-order valence-electron chi connectivity index (χ4n) is 2.92. The van der Waals surface area contributed by atoms with Gasteiger partial charge in [0.15, 0.2) is 0 Å². The fraction of sp³-hybridized carbons (Fsp3) is 0.0870. The number of anilines is 1. The molecule has 0 aliphatic heterocycles. The Hall–Kier alpha value is -3.58. The van der Waals surface area contributed by atoms with Gasteiger partial charge in [0.1, 0.15) is 17.3 Å². The summed E-state index contributed by atoms with van der Waals surface area (Å²) < 4.78 is 6.94. The Morgan fingerprint density at radius 1 is 1.00 bits per heavy atom. The summed E-state index contributed by atoms with van der Waals surface area (Å²) in [4.78, 5) is 17.5. The molecule has 1 atom stereocenters. The van der Waals surface area contributed by atoms with Gasteiger partial charge in [0.25, 0.3) is 0 Å². The number of nitrogens with zero attached hydrogens (tertiary/aromatic N) is 3. The van der Waals surface area contributed by atoms with E-state index in [2.05, 4.69) is 15.4 Å². The van der Waals surface area contributed by atoms with Crippen LogP contribution in [-0.2, 0) is 4.79 Å². The van der Waals surface area contributed by atoms with E-state index in [0.29, 0.717) is 16.6 Å². The van der Waals surface area contributed by atoms with Gasteiger partial charge in [-0.3, -0.25) is 4.79 Å². The molecular formula is C23H20N4O2S. The van der Waals surface area contributed by atoms with Gasteiger partial charge in [-0.15, -0.1) is 5.10 Å². The van der Waals surface area contributed by atoms with E-state index >= 15 is 0 Å². The maximum Gasteiger partial charge on any atom is 0.242 e. The third-order valence-corrected chi connectivity index (χ3v) is 5.51. The largest absolute Gasteiger partial charge is 0.497 e. The second-order valence-electron chi connectivity index (χ2n) is 6.44. The number of hydrogen-bond donors (Lipinski definition) is 1. The molecule has 0 bridgehead atoms. The van der Waals surface area contributed by atoms with E-state index in [1.807, 2.05) is 78.9 Å². The number of ether oxygens (including phenoxy) is 1. The zero-order valence-corrected chi connectivity index (χ0v) is 17.1. The van der Waals surface area contributed by atoms with Crippen LogP contribution in [0.15, 0.2) is 96.4 Å². The van der Waals surface area contributed by atoms with E-state index in [-0.39, 0.29) is 5.91 Å². The maximum absolute atomic E-state index is 13.2. The van der Waals surface area contributed by atoms with Crippen molar-refractivity contribution in [3.8, 4) is 11.4 Å². The average Bonchev–Trinajstić information content (AvgIpc) is 3.27. The van der Waals surface area contributed by atoms with E-state index in [1.54, 1.807) is 24.2 Å². The highest BCUT2D eigenvalue weighted by Crippen LogP contribution is 2.34. The van der Waals surface area contributed by atoms with Gasteiger partial charge in [-0.2, -0.15) is 0 Å². The normalized spacial score (nSPS) is 11.6. The van der Waals surface area contributed by atoms with Gasteiger partial charge >= 0.3 is 0 Å². The second kappa shape index (κ2) is 9.28. The summed E-state index contributed by atoms with van der Waals surface area (Å²) in [5.41, 5.74) is 2.46. The number of rotatable bonds is 7. The summed E-state index contributed by atoms with van der Waals surface area (Å²) in [5, 5.41) is 7.51. The number of benzene rings is 3. The SMILES string of the molecule is COc1cccc(NC(=O)C(Sc2ncn(-c3ccccc3)n2)c2ccccc2)c1. The molecule has 150 valence electrons. The Kier molecular flexibility index (Phi) is 6.10. The van der Waals surface area contributed by atoms with Gasteiger partial charge in [0, 0.05) is 11.8 Å². The predicted molar refractivity (Wildman–Crippen MR) is 118 cm³/mol. The first-order valence-electron chi connectivity index (χ1n) is 9.36. The smallest absolute Gasteiger partial charge is 0.242 e. The third kappa shape index (κ3) is 4.69. The lowest BCUT2D eigenvalue weighted by molar-refractivity contribution is -0.115. The van der Waals surface area contributed by atoms with Gasteiger partial charge in [-0.1, -0.05) is 66.4 Å². The first-order valence-corrected chi connectivity index (χ1v) is 10.2. The lowest BCUT2D eigenvalue weighted by Crippen LogP contribution is -2.19. The maximum atomic E-state index is 13.2. The molecule has 0 saturated heterocycles. The molecule has 0 spiro atoms. The Morgan fingerprint density at radius 3 is 2.47 bits per heavy atom. The average molecular weight is 417 g/mol. The van der Waals surface area contributed by atoms with Crippen LogP contribution in [0.3, 0.4) is 0 Å². The number of amides is 1. The lowest BCUT2D eigenvalue weighted by Gasteiger charge is -2.16. The number of methoxy groups -OCH3 is 1. The number of aromatic nitrogens is 3. The summed E-state index contributed by atoms with van der Waals surface area (Å²) in [7, 11) is 1.60. The zero-order valence-electron chi connectivity index (χ0n) is 16.3. The molecule has 0 aliphatic carbocycles. The molecule has 1 heterocycles. The van der Waals surface area contributed by atoms with Crippen molar-refractivity contribution >= 4 is 23.4 Å². The second-order valence-corrected chi connectivity index (χ2v) is 7.51. The van der Waals surface area contributed by atoms with Crippen molar-refractivity contribution in [2.75, 3.05) is 12.4 Å². The van der Waals surface area contributed by atoms with Gasteiger partial charge in [-0.25, -0.2) is 9.67 Å². The van der Waals surface area contributed by atoms with E-state index in [9.17, 15) is 4.79 Å². The Labute approximate surface area is 178 Å². The van der Waals surface area contributed by atoms with Gasteiger partial charge in [0.05, 0.1) is 12.8 Å². The van der Waals surface area contributed by atoms with Crippen molar-refractivity contribution in [1.82, 2.24) is 14.8 Å². The lowest BCUT2D eigenvalue weighted by atomic mass is 10.1. The molecule has 0 radical (unpaired) electrons. The van der Waals surface area contributed by atoms with Gasteiger partial charge in [-0.05, 0) is 29.8 Å². The standard InChI is InChI=1S/C23H20N4O2S/c1-29-20-14-8-11-18(15-20)25-22(28)21(17-9-4-2-5-10-17)30-23-24-16-27(26-23)19-12-6-3-7-13-19/h2-16,21H,1H3,(H,25,28). The summed E-state index contributed by atoms with van der Waals surface area (Å²) >= 11 is 1.31. The summed E-state index contributed by atoms with van der Waals surface area (Å²) in [6.45, 7) is 0. The van der Waals surface area contributed by atoms with E-state index < -0.39 is 5.25 Å². The van der Waals surface area contributed by atoms with Crippen LogP contribution in [0.1, 0.15) is 10.8 Å². The first kappa shape index (κ1) is 19.7. The molecule has 1 unspecified atom stereocenters. The van der Waals surface area contributed by atoms with Crippen molar-refractivity contribution in [2.45, 2.75) is 10.4 Å². The van der Waals surface area contributed by atoms with Crippen LogP contribution >= 0.6 is 11.8 Å². The van der Waals surface area contributed by atoms with Crippen molar-refractivity contribution < 1.29 is 9.53 Å². The monoisotopic (exact) mass is 416 g/mol. The van der Waals surface area contributed by atoms with Crippen molar-refractivity contribution in [3.05, 3.63) is 96.8 Å². The number of para-hydroxylation sites is 1. The molecule has 0 aliphatic rings. The summed E-state index contributed by atoms with van der Waals surface area (Å²) in [5.74, 6) is 0.524. The summed E-state index contributed by atoms with van der Waals surface area (Å²) in [6, 6.07) is 26.6. The van der Waals surface area contributed by atoms with Gasteiger partial charge in [0.2, 0.25) is 11.1 Å². The molecule has 1 N–H and O–H groups in total. The number of carbonyl (C=O) groups is 1. The molecule has 1 amide bonds. The molecule has 4 rings (SSSR count). The highest BCUT2D eigenvalue weighted by Gasteiger charge is 2.24. The number of nitrogens with one attached hydrogen (secondary N) is 1. The van der Waals surface area contributed by atoms with Crippen molar-refractivity contribution in [2.24, 2.45) is 0 Å². The Morgan fingerprint density at radius 2 is 1.73 bits per heavy atom. The molecule has 3 aromatic carbocycles. The molecule has 0 saturated carbocycles. The van der Waals surface area contributed by atoms with Crippen LogP contribution in [-0.4, -0.2) is 27.8 Å². The van der Waals surface area contributed by atoms with Crippen LogP contribution in [0.25, 0.3) is 5.69 Å². The molecular weight excluding hydrogens is 396 g/mol. The predicted octanol–water partition coefficient (Wildman–Crippen LogP) is 4.75. The zero-order chi connectivity index (χ0) is 20.8. The van der Waals surface area contributed by atoms with Crippen LogP contribution in [0.2, 0.25) is 0 Å².